The van der Waals surface area contributed by atoms with Crippen LogP contribution in [0.5, 0.6) is 0 Å². The fourth-order valence-corrected chi connectivity index (χ4v) is 8.66. The summed E-state index contributed by atoms with van der Waals surface area (Å²) >= 11 is 14.4. The van der Waals surface area contributed by atoms with Crippen LogP contribution in [-0.2, 0) is 32.0 Å². The minimum absolute atomic E-state index is 0.0944. The second-order valence-electron chi connectivity index (χ2n) is 12.0. The van der Waals surface area contributed by atoms with Gasteiger partial charge in [0.05, 0.1) is 10.5 Å². The number of para-hydroxylation sites is 2. The predicted octanol–water partition coefficient (Wildman–Crippen LogP) is 6.78. The van der Waals surface area contributed by atoms with Crippen LogP contribution < -0.4 is 20.4 Å². The van der Waals surface area contributed by atoms with Crippen LogP contribution in [0.2, 0.25) is 10.0 Å². The van der Waals surface area contributed by atoms with Crippen molar-refractivity contribution in [2.24, 2.45) is 0 Å². The average Bonchev–Trinajstić information content (AvgIpc) is 3.67. The van der Waals surface area contributed by atoms with Crippen molar-refractivity contribution in [2.75, 3.05) is 22.9 Å². The van der Waals surface area contributed by atoms with E-state index in [1.807, 2.05) is 36.4 Å². The summed E-state index contributed by atoms with van der Waals surface area (Å²) < 4.78 is 0. The van der Waals surface area contributed by atoms with E-state index in [1.54, 1.807) is 84.9 Å². The van der Waals surface area contributed by atoms with Gasteiger partial charge in [-0.1, -0.05) is 107 Å². The number of rotatable bonds is 11. The summed E-state index contributed by atoms with van der Waals surface area (Å²) in [7, 11) is 0. The van der Waals surface area contributed by atoms with Gasteiger partial charge in [0.1, 0.15) is 33.3 Å². The summed E-state index contributed by atoms with van der Waals surface area (Å²) in [5.74, 6) is -2.01. The number of nitrogens with one attached hydrogen (secondary N) is 2. The van der Waals surface area contributed by atoms with Crippen LogP contribution in [-0.4, -0.2) is 47.2 Å². The summed E-state index contributed by atoms with van der Waals surface area (Å²) in [6, 6.07) is 35.7. The molecule has 0 aromatic heterocycles. The molecule has 4 aromatic rings. The molecule has 2 fully saturated rings. The van der Waals surface area contributed by atoms with Crippen molar-refractivity contribution in [1.82, 2.24) is 10.6 Å². The molecule has 2 aliphatic heterocycles. The molecule has 54 heavy (non-hydrogen) atoms. The highest BCUT2D eigenvalue weighted by Gasteiger charge is 2.42. The number of benzene rings is 4. The largest absolute Gasteiger partial charge is 0.350 e. The number of carbonyl (C=O) groups is 4. The minimum atomic E-state index is -0.730. The summed E-state index contributed by atoms with van der Waals surface area (Å²) in [5.41, 5.74) is 2.25. The molecular formula is C40H30Cl2N6O4S2. The number of amides is 4. The normalized spacial score (nSPS) is 18.5. The van der Waals surface area contributed by atoms with Crippen LogP contribution in [0.15, 0.2) is 130 Å². The predicted molar refractivity (Wildman–Crippen MR) is 212 cm³/mol. The summed E-state index contributed by atoms with van der Waals surface area (Å²) in [6.45, 7) is -0.189. The van der Waals surface area contributed by atoms with Crippen LogP contribution in [0.3, 0.4) is 0 Å². The average molecular weight is 794 g/mol. The zero-order valence-electron chi connectivity index (χ0n) is 28.4. The van der Waals surface area contributed by atoms with Gasteiger partial charge in [-0.3, -0.25) is 29.0 Å². The first-order valence-electron chi connectivity index (χ1n) is 16.6. The lowest BCUT2D eigenvalue weighted by Gasteiger charge is -2.19. The Morgan fingerprint density at radius 2 is 0.944 bits per heavy atom. The molecule has 2 atom stereocenters. The maximum absolute atomic E-state index is 13.7. The first kappa shape index (κ1) is 38.2. The Hall–Kier alpha value is -5.50. The molecule has 2 heterocycles. The number of hydrogen-bond acceptors (Lipinski definition) is 8. The zero-order chi connectivity index (χ0) is 38.2. The van der Waals surface area contributed by atoms with Crippen LogP contribution >= 0.6 is 46.7 Å². The Balaban J connectivity index is 1.16. The van der Waals surface area contributed by atoms with Crippen LogP contribution in [0.25, 0.3) is 0 Å². The van der Waals surface area contributed by atoms with Crippen LogP contribution in [0.1, 0.15) is 11.1 Å². The van der Waals surface area contributed by atoms with Gasteiger partial charge >= 0.3 is 0 Å². The Morgan fingerprint density at radius 3 is 1.28 bits per heavy atom. The molecule has 2 unspecified atom stereocenters. The molecule has 14 heteroatoms. The molecular weight excluding hydrogens is 764 g/mol. The van der Waals surface area contributed by atoms with E-state index in [2.05, 4.69) is 10.6 Å². The van der Waals surface area contributed by atoms with Gasteiger partial charge in [0, 0.05) is 34.5 Å². The zero-order valence-corrected chi connectivity index (χ0v) is 31.5. The van der Waals surface area contributed by atoms with Gasteiger partial charge in [-0.15, -0.1) is 0 Å². The molecule has 6 rings (SSSR count). The summed E-state index contributed by atoms with van der Waals surface area (Å²) in [5, 5.41) is 26.0. The fraction of sp³-hybridized carbons (Fsp3) is 0.150. The number of halogens is 2. The maximum Gasteiger partial charge on any atom is 0.264 e. The lowest BCUT2D eigenvalue weighted by molar-refractivity contribution is -0.119. The van der Waals surface area contributed by atoms with Crippen molar-refractivity contribution < 1.29 is 19.2 Å². The lowest BCUT2D eigenvalue weighted by atomic mass is 10.1. The van der Waals surface area contributed by atoms with E-state index in [0.717, 1.165) is 34.7 Å². The third-order valence-corrected chi connectivity index (χ3v) is 11.4. The van der Waals surface area contributed by atoms with Gasteiger partial charge in [-0.05, 0) is 72.5 Å². The maximum atomic E-state index is 13.7. The molecule has 0 spiro atoms. The smallest absolute Gasteiger partial charge is 0.264 e. The summed E-state index contributed by atoms with van der Waals surface area (Å²) in [4.78, 5) is 57.1. The number of thioether (sulfide) groups is 2. The number of hydrogen-bond donors (Lipinski definition) is 2. The van der Waals surface area contributed by atoms with Gasteiger partial charge < -0.3 is 10.6 Å². The van der Waals surface area contributed by atoms with Crippen LogP contribution in [0, 0.1) is 22.7 Å². The van der Waals surface area contributed by atoms with Crippen molar-refractivity contribution in [3.63, 3.8) is 0 Å². The molecule has 2 saturated heterocycles. The molecule has 2 aliphatic rings. The molecule has 2 N–H and O–H groups in total. The number of anilines is 2. The van der Waals surface area contributed by atoms with Gasteiger partial charge in [0.15, 0.2) is 0 Å². The second kappa shape index (κ2) is 17.5. The third kappa shape index (κ3) is 8.65. The van der Waals surface area contributed by atoms with Gasteiger partial charge in [-0.25, -0.2) is 0 Å². The molecule has 0 radical (unpaired) electrons. The molecule has 0 aliphatic carbocycles. The molecule has 4 amide bonds. The molecule has 0 saturated carbocycles. The highest BCUT2D eigenvalue weighted by atomic mass is 35.5. The highest BCUT2D eigenvalue weighted by Crippen LogP contribution is 2.43. The Morgan fingerprint density at radius 1 is 0.593 bits per heavy atom. The summed E-state index contributed by atoms with van der Waals surface area (Å²) in [6.07, 6.45) is 0.702. The highest BCUT2D eigenvalue weighted by molar-refractivity contribution is 8.05. The van der Waals surface area contributed by atoms with E-state index in [-0.39, 0.29) is 46.1 Å². The van der Waals surface area contributed by atoms with Gasteiger partial charge in [-0.2, -0.15) is 10.5 Å². The molecule has 10 nitrogen and oxygen atoms in total. The van der Waals surface area contributed by atoms with E-state index < -0.39 is 22.3 Å². The molecule has 0 bridgehead atoms. The Kier molecular flexibility index (Phi) is 12.4. The van der Waals surface area contributed by atoms with Gasteiger partial charge in [0.2, 0.25) is 11.8 Å². The van der Waals surface area contributed by atoms with Crippen molar-refractivity contribution in [3.8, 4) is 12.1 Å². The van der Waals surface area contributed by atoms with E-state index in [1.165, 1.54) is 9.80 Å². The standard InChI is InChI=1S/C40H30Cl2N6O4S2/c41-27-15-11-25(12-16-27)21-33-37(51)47(29-7-3-1-4-8-29)39(53-33)31(23-43)35(49)45-19-20-46-36(50)32(24-44)40-48(30-9-5-2-6-10-30)38(52)34(54-40)22-26-13-17-28(42)18-14-26/h1-18,33-34H,19-22H2,(H,45,49)(H,46,50)/b39-31-,40-32+. The molecule has 270 valence electrons. The minimum Gasteiger partial charge on any atom is -0.350 e. The third-order valence-electron chi connectivity index (χ3n) is 8.40. The van der Waals surface area contributed by atoms with Crippen molar-refractivity contribution in [1.29, 1.82) is 10.5 Å². The van der Waals surface area contributed by atoms with E-state index in [9.17, 15) is 29.7 Å². The van der Waals surface area contributed by atoms with Crippen molar-refractivity contribution in [3.05, 3.63) is 152 Å². The van der Waals surface area contributed by atoms with E-state index in [4.69, 9.17) is 23.2 Å². The first-order valence-corrected chi connectivity index (χ1v) is 19.2. The first-order chi connectivity index (χ1) is 26.2. The monoisotopic (exact) mass is 792 g/mol. The van der Waals surface area contributed by atoms with Crippen LogP contribution in [0.4, 0.5) is 11.4 Å². The Labute approximate surface area is 330 Å². The second-order valence-corrected chi connectivity index (χ2v) is 15.2. The van der Waals surface area contributed by atoms with E-state index in [0.29, 0.717) is 34.3 Å². The van der Waals surface area contributed by atoms with E-state index >= 15 is 0 Å². The SMILES string of the molecule is N#C/C(C(=O)NCCNC(=O)/C(C#N)=C1/SC(Cc2ccc(Cl)cc2)C(=O)N1c1ccccc1)=C1/SC(Cc2ccc(Cl)cc2)C(=O)N1c1ccccc1. The number of carbonyl (C=O) groups excluding carboxylic acids is 4. The van der Waals surface area contributed by atoms with Crippen molar-refractivity contribution in [2.45, 2.75) is 23.3 Å². The number of nitriles is 2. The van der Waals surface area contributed by atoms with Gasteiger partial charge in [0.25, 0.3) is 11.8 Å². The topological polar surface area (TPSA) is 146 Å². The van der Waals surface area contributed by atoms with Crippen molar-refractivity contribution >= 4 is 81.7 Å². The quantitative estimate of drug-likeness (QED) is 0.0961. The lowest BCUT2D eigenvalue weighted by Crippen LogP contribution is -2.37. The Bertz CT molecular complexity index is 2060. The molecule has 4 aromatic carbocycles. The number of nitrogens with zero attached hydrogens (tertiary/aromatic N) is 4. The fourth-order valence-electron chi connectivity index (χ4n) is 5.80.